The summed E-state index contributed by atoms with van der Waals surface area (Å²) in [6, 6.07) is 7.63. The molecule has 2 atom stereocenters. The fourth-order valence-electron chi connectivity index (χ4n) is 3.12. The number of aryl methyl sites for hydroxylation is 1. The molecule has 8 heteroatoms. The number of benzene rings is 1. The van der Waals surface area contributed by atoms with Crippen molar-refractivity contribution >= 4 is 32.6 Å². The number of likely N-dealkylation sites (tertiary alicyclic amines) is 1. The molecule has 1 saturated heterocycles. The van der Waals surface area contributed by atoms with Gasteiger partial charge in [0.05, 0.1) is 22.2 Å². The first-order chi connectivity index (χ1) is 12.1. The fraction of sp³-hybridized carbons (Fsp3) is 0.412. The molecule has 0 spiro atoms. The van der Waals surface area contributed by atoms with Gasteiger partial charge in [-0.2, -0.15) is 4.98 Å². The molecule has 1 N–H and O–H groups in total. The average Bonchev–Trinajstić information content (AvgIpc) is 3.32. The maximum Gasteiger partial charge on any atom is 0.243 e. The van der Waals surface area contributed by atoms with E-state index in [4.69, 9.17) is 4.52 Å². The highest BCUT2D eigenvalue weighted by Crippen LogP contribution is 2.29. The number of rotatable bonds is 4. The Labute approximate surface area is 149 Å². The molecule has 2 unspecified atom stereocenters. The van der Waals surface area contributed by atoms with Crippen LogP contribution < -0.4 is 5.32 Å². The summed E-state index contributed by atoms with van der Waals surface area (Å²) in [5.74, 6) is 1.47. The summed E-state index contributed by atoms with van der Waals surface area (Å²) in [6.07, 6.45) is 0.917. The Hall–Kier alpha value is -2.32. The normalized spacial score (nSPS) is 19.4. The van der Waals surface area contributed by atoms with Crippen LogP contribution in [0.1, 0.15) is 31.0 Å². The van der Waals surface area contributed by atoms with E-state index in [1.54, 1.807) is 0 Å². The molecule has 3 heterocycles. The van der Waals surface area contributed by atoms with E-state index < -0.39 is 0 Å². The van der Waals surface area contributed by atoms with Crippen molar-refractivity contribution < 1.29 is 9.32 Å². The molecular weight excluding hydrogens is 338 g/mol. The molecule has 4 rings (SSSR count). The first kappa shape index (κ1) is 16.2. The lowest BCUT2D eigenvalue weighted by Crippen LogP contribution is -2.40. The van der Waals surface area contributed by atoms with E-state index in [2.05, 4.69) is 25.3 Å². The first-order valence-corrected chi connectivity index (χ1v) is 9.12. The molecule has 1 aromatic carbocycles. The molecule has 2 aromatic heterocycles. The van der Waals surface area contributed by atoms with Crippen LogP contribution >= 0.6 is 11.3 Å². The number of nitrogens with zero attached hydrogens (tertiary/aromatic N) is 4. The van der Waals surface area contributed by atoms with Crippen molar-refractivity contribution in [3.05, 3.63) is 36.0 Å². The lowest BCUT2D eigenvalue weighted by Gasteiger charge is -2.22. The van der Waals surface area contributed by atoms with E-state index in [0.717, 1.165) is 29.7 Å². The van der Waals surface area contributed by atoms with E-state index in [-0.39, 0.29) is 17.9 Å². The van der Waals surface area contributed by atoms with Gasteiger partial charge in [0, 0.05) is 6.54 Å². The standard InChI is InChI=1S/C17H19N5O2S/c1-10(22-8-7-12(9-22)16-18-11(2)21-24-16)15(23)20-17-19-13-5-3-4-6-14(13)25-17/h3-6,10,12H,7-9H2,1-2H3,(H,19,20,23). The monoisotopic (exact) mass is 357 g/mol. The van der Waals surface area contributed by atoms with Gasteiger partial charge in [-0.25, -0.2) is 4.98 Å². The van der Waals surface area contributed by atoms with Crippen molar-refractivity contribution in [2.75, 3.05) is 18.4 Å². The number of fused-ring (bicyclic) bond motifs is 1. The van der Waals surface area contributed by atoms with Crippen molar-refractivity contribution in [1.82, 2.24) is 20.0 Å². The summed E-state index contributed by atoms with van der Waals surface area (Å²) in [6.45, 7) is 5.31. The Bertz CT molecular complexity index is 872. The number of carbonyl (C=O) groups excluding carboxylic acids is 1. The Kier molecular flexibility index (Phi) is 4.22. The molecule has 7 nitrogen and oxygen atoms in total. The zero-order valence-electron chi connectivity index (χ0n) is 14.1. The van der Waals surface area contributed by atoms with Crippen LogP contribution in [0.25, 0.3) is 10.2 Å². The number of amides is 1. The second-order valence-corrected chi connectivity index (χ2v) is 7.34. The van der Waals surface area contributed by atoms with Gasteiger partial charge >= 0.3 is 0 Å². The second kappa shape index (κ2) is 6.53. The van der Waals surface area contributed by atoms with Crippen LogP contribution in [0.5, 0.6) is 0 Å². The number of hydrogen-bond donors (Lipinski definition) is 1. The van der Waals surface area contributed by atoms with Gasteiger partial charge < -0.3 is 9.84 Å². The van der Waals surface area contributed by atoms with Crippen molar-refractivity contribution in [1.29, 1.82) is 0 Å². The Morgan fingerprint density at radius 3 is 3.00 bits per heavy atom. The van der Waals surface area contributed by atoms with Crippen LogP contribution in [-0.2, 0) is 4.79 Å². The van der Waals surface area contributed by atoms with Crippen LogP contribution in [0.3, 0.4) is 0 Å². The van der Waals surface area contributed by atoms with Crippen LogP contribution in [0, 0.1) is 6.92 Å². The average molecular weight is 357 g/mol. The van der Waals surface area contributed by atoms with E-state index in [1.807, 2.05) is 38.1 Å². The largest absolute Gasteiger partial charge is 0.339 e. The molecule has 0 bridgehead atoms. The van der Waals surface area contributed by atoms with Crippen LogP contribution in [0.4, 0.5) is 5.13 Å². The quantitative estimate of drug-likeness (QED) is 0.773. The number of thiazole rings is 1. The maximum atomic E-state index is 12.6. The highest BCUT2D eigenvalue weighted by Gasteiger charge is 2.33. The van der Waals surface area contributed by atoms with Crippen LogP contribution in [0.15, 0.2) is 28.8 Å². The van der Waals surface area contributed by atoms with Gasteiger partial charge in [0.2, 0.25) is 11.8 Å². The Balaban J connectivity index is 1.40. The van der Waals surface area contributed by atoms with Crippen molar-refractivity contribution in [2.24, 2.45) is 0 Å². The van der Waals surface area contributed by atoms with Gasteiger partial charge in [-0.05, 0) is 38.9 Å². The molecular formula is C17H19N5O2S. The van der Waals surface area contributed by atoms with Gasteiger partial charge in [0.1, 0.15) is 0 Å². The minimum Gasteiger partial charge on any atom is -0.339 e. The highest BCUT2D eigenvalue weighted by atomic mass is 32.1. The minimum absolute atomic E-state index is 0.0404. The molecule has 0 aliphatic carbocycles. The summed E-state index contributed by atoms with van der Waals surface area (Å²) >= 11 is 1.49. The summed E-state index contributed by atoms with van der Waals surface area (Å²) in [5.41, 5.74) is 0.906. The molecule has 25 heavy (non-hydrogen) atoms. The predicted molar refractivity (Wildman–Crippen MR) is 95.7 cm³/mol. The van der Waals surface area contributed by atoms with Crippen molar-refractivity contribution in [3.63, 3.8) is 0 Å². The molecule has 0 radical (unpaired) electrons. The van der Waals surface area contributed by atoms with E-state index in [1.165, 1.54) is 11.3 Å². The first-order valence-electron chi connectivity index (χ1n) is 8.31. The second-order valence-electron chi connectivity index (χ2n) is 6.31. The summed E-state index contributed by atoms with van der Waals surface area (Å²) in [7, 11) is 0. The zero-order chi connectivity index (χ0) is 17.4. The minimum atomic E-state index is -0.235. The Morgan fingerprint density at radius 1 is 1.40 bits per heavy atom. The third-order valence-electron chi connectivity index (χ3n) is 4.56. The van der Waals surface area contributed by atoms with E-state index >= 15 is 0 Å². The van der Waals surface area contributed by atoms with Crippen molar-refractivity contribution in [2.45, 2.75) is 32.2 Å². The lowest BCUT2D eigenvalue weighted by atomic mass is 10.1. The maximum absolute atomic E-state index is 12.6. The SMILES string of the molecule is Cc1noc(C2CCN(C(C)C(=O)Nc3nc4ccccc4s3)C2)n1. The van der Waals surface area contributed by atoms with Crippen LogP contribution in [0.2, 0.25) is 0 Å². The number of nitrogens with one attached hydrogen (secondary N) is 1. The fourth-order valence-corrected chi connectivity index (χ4v) is 3.99. The van der Waals surface area contributed by atoms with Gasteiger partial charge in [-0.15, -0.1) is 0 Å². The molecule has 3 aromatic rings. The molecule has 1 amide bonds. The molecule has 0 saturated carbocycles. The zero-order valence-corrected chi connectivity index (χ0v) is 14.9. The van der Waals surface area contributed by atoms with Crippen LogP contribution in [-0.4, -0.2) is 45.1 Å². The van der Waals surface area contributed by atoms with Gasteiger partial charge in [0.15, 0.2) is 11.0 Å². The van der Waals surface area contributed by atoms with Gasteiger partial charge in [-0.1, -0.05) is 28.6 Å². The molecule has 1 aliphatic rings. The number of aromatic nitrogens is 3. The number of para-hydroxylation sites is 1. The number of anilines is 1. The third-order valence-corrected chi connectivity index (χ3v) is 5.52. The smallest absolute Gasteiger partial charge is 0.243 e. The topological polar surface area (TPSA) is 84.2 Å². The van der Waals surface area contributed by atoms with Crippen molar-refractivity contribution in [3.8, 4) is 0 Å². The predicted octanol–water partition coefficient (Wildman–Crippen LogP) is 2.80. The summed E-state index contributed by atoms with van der Waals surface area (Å²) in [4.78, 5) is 23.5. The van der Waals surface area contributed by atoms with Gasteiger partial charge in [-0.3, -0.25) is 9.69 Å². The number of carbonyl (C=O) groups is 1. The van der Waals surface area contributed by atoms with E-state index in [0.29, 0.717) is 16.8 Å². The third kappa shape index (κ3) is 3.27. The van der Waals surface area contributed by atoms with Gasteiger partial charge in [0.25, 0.3) is 0 Å². The van der Waals surface area contributed by atoms with E-state index in [9.17, 15) is 4.79 Å². The summed E-state index contributed by atoms with van der Waals surface area (Å²) < 4.78 is 6.34. The molecule has 130 valence electrons. The Morgan fingerprint density at radius 2 is 2.24 bits per heavy atom. The molecule has 1 aliphatic heterocycles. The molecule has 1 fully saturated rings. The lowest BCUT2D eigenvalue weighted by molar-refractivity contribution is -0.120. The number of hydrogen-bond acceptors (Lipinski definition) is 7. The highest BCUT2D eigenvalue weighted by molar-refractivity contribution is 7.22. The summed E-state index contributed by atoms with van der Waals surface area (Å²) in [5, 5.41) is 7.43.